The van der Waals surface area contributed by atoms with Crippen molar-refractivity contribution in [1.82, 2.24) is 19.9 Å². The van der Waals surface area contributed by atoms with E-state index in [-0.39, 0.29) is 5.91 Å². The maximum Gasteiger partial charge on any atom is 0.258 e. The number of H-pyrrole nitrogens is 1. The highest BCUT2D eigenvalue weighted by Gasteiger charge is 2.17. The first-order chi connectivity index (χ1) is 11.7. The molecule has 0 atom stereocenters. The van der Waals surface area contributed by atoms with E-state index in [2.05, 4.69) is 30.2 Å². The number of nitrogens with one attached hydrogen (secondary N) is 2. The van der Waals surface area contributed by atoms with Crippen LogP contribution in [0.5, 0.6) is 0 Å². The standard InChI is InChI=1S/C16H15ClN6O/c17-12-8-10(9-13(20-12)23-6-1-2-7-23)15(24)22-16-19-11-4-3-5-18-14(11)21-16/h3-5,8-9H,1-2,6-7H2,(H2,18,19,21,22,24). The smallest absolute Gasteiger partial charge is 0.258 e. The van der Waals surface area contributed by atoms with Crippen molar-refractivity contribution < 1.29 is 4.79 Å². The number of fused-ring (bicyclic) bond motifs is 1. The summed E-state index contributed by atoms with van der Waals surface area (Å²) in [5.41, 5.74) is 1.77. The molecule has 4 rings (SSSR count). The lowest BCUT2D eigenvalue weighted by molar-refractivity contribution is 0.102. The van der Waals surface area contributed by atoms with Gasteiger partial charge in [-0.3, -0.25) is 10.1 Å². The molecule has 8 heteroatoms. The lowest BCUT2D eigenvalue weighted by Gasteiger charge is -2.17. The van der Waals surface area contributed by atoms with Crippen LogP contribution in [0.1, 0.15) is 23.2 Å². The van der Waals surface area contributed by atoms with Crippen LogP contribution in [0, 0.1) is 0 Å². The number of rotatable bonds is 3. The van der Waals surface area contributed by atoms with Gasteiger partial charge in [0.25, 0.3) is 5.91 Å². The summed E-state index contributed by atoms with van der Waals surface area (Å²) < 4.78 is 0. The first-order valence-corrected chi connectivity index (χ1v) is 8.11. The molecule has 1 aliphatic heterocycles. The average molecular weight is 343 g/mol. The van der Waals surface area contributed by atoms with Gasteiger partial charge in [0.1, 0.15) is 11.0 Å². The Morgan fingerprint density at radius 1 is 1.25 bits per heavy atom. The first kappa shape index (κ1) is 14.9. The molecule has 7 nitrogen and oxygen atoms in total. The summed E-state index contributed by atoms with van der Waals surface area (Å²) in [5, 5.41) is 3.04. The largest absolute Gasteiger partial charge is 0.357 e. The Bertz CT molecular complexity index is 869. The van der Waals surface area contributed by atoms with Gasteiger partial charge in [-0.15, -0.1) is 0 Å². The quantitative estimate of drug-likeness (QED) is 0.715. The summed E-state index contributed by atoms with van der Waals surface area (Å²) in [5.74, 6) is 0.791. The van der Waals surface area contributed by atoms with Crippen LogP contribution < -0.4 is 10.2 Å². The number of aromatic amines is 1. The minimum Gasteiger partial charge on any atom is -0.357 e. The molecule has 0 radical (unpaired) electrons. The summed E-state index contributed by atoms with van der Waals surface area (Å²) in [6.07, 6.45) is 3.91. The average Bonchev–Trinajstić information content (AvgIpc) is 3.23. The molecule has 0 saturated carbocycles. The third kappa shape index (κ3) is 2.90. The van der Waals surface area contributed by atoms with Crippen LogP contribution in [-0.2, 0) is 0 Å². The van der Waals surface area contributed by atoms with Gasteiger partial charge in [-0.05, 0) is 37.1 Å². The van der Waals surface area contributed by atoms with Crippen molar-refractivity contribution in [2.24, 2.45) is 0 Å². The zero-order chi connectivity index (χ0) is 16.5. The minimum atomic E-state index is -0.293. The van der Waals surface area contributed by atoms with Crippen LogP contribution in [0.3, 0.4) is 0 Å². The van der Waals surface area contributed by atoms with Crippen molar-refractivity contribution in [2.75, 3.05) is 23.3 Å². The number of amides is 1. The van der Waals surface area contributed by atoms with Crippen LogP contribution in [0.15, 0.2) is 30.5 Å². The number of hydrogen-bond donors (Lipinski definition) is 2. The Balaban J connectivity index is 1.59. The van der Waals surface area contributed by atoms with Crippen molar-refractivity contribution in [3.8, 4) is 0 Å². The van der Waals surface area contributed by atoms with E-state index in [1.54, 1.807) is 24.4 Å². The summed E-state index contributed by atoms with van der Waals surface area (Å²) >= 11 is 6.09. The Kier molecular flexibility index (Phi) is 3.78. The fourth-order valence-electron chi connectivity index (χ4n) is 2.81. The van der Waals surface area contributed by atoms with Crippen molar-refractivity contribution in [1.29, 1.82) is 0 Å². The van der Waals surface area contributed by atoms with E-state index < -0.39 is 0 Å². The fourth-order valence-corrected chi connectivity index (χ4v) is 3.01. The molecule has 0 aromatic carbocycles. The monoisotopic (exact) mass is 342 g/mol. The van der Waals surface area contributed by atoms with Gasteiger partial charge in [0.2, 0.25) is 5.95 Å². The van der Waals surface area contributed by atoms with Gasteiger partial charge < -0.3 is 9.88 Å². The van der Waals surface area contributed by atoms with Crippen LogP contribution >= 0.6 is 11.6 Å². The van der Waals surface area contributed by atoms with Crippen molar-refractivity contribution in [3.63, 3.8) is 0 Å². The van der Waals surface area contributed by atoms with E-state index in [1.807, 2.05) is 6.07 Å². The maximum atomic E-state index is 12.5. The van der Waals surface area contributed by atoms with Crippen LogP contribution in [0.25, 0.3) is 11.2 Å². The predicted molar refractivity (Wildman–Crippen MR) is 92.5 cm³/mol. The molecule has 4 heterocycles. The molecule has 3 aromatic heterocycles. The fraction of sp³-hybridized carbons (Fsp3) is 0.250. The number of carbonyl (C=O) groups excluding carboxylic acids is 1. The number of pyridine rings is 2. The SMILES string of the molecule is O=C(Nc1nc2ncccc2[nH]1)c1cc(Cl)nc(N2CCCC2)c1. The summed E-state index contributed by atoms with van der Waals surface area (Å²) in [6.45, 7) is 1.87. The van der Waals surface area contributed by atoms with E-state index in [0.717, 1.165) is 37.3 Å². The molecule has 122 valence electrons. The van der Waals surface area contributed by atoms with Gasteiger partial charge in [-0.1, -0.05) is 11.6 Å². The first-order valence-electron chi connectivity index (χ1n) is 7.74. The highest BCUT2D eigenvalue weighted by atomic mass is 35.5. The molecule has 1 amide bonds. The maximum absolute atomic E-state index is 12.5. The van der Waals surface area contributed by atoms with E-state index in [9.17, 15) is 4.79 Å². The highest BCUT2D eigenvalue weighted by molar-refractivity contribution is 6.30. The second-order valence-corrected chi connectivity index (χ2v) is 6.03. The Morgan fingerprint density at radius 2 is 2.08 bits per heavy atom. The van der Waals surface area contributed by atoms with E-state index >= 15 is 0 Å². The zero-order valence-corrected chi connectivity index (χ0v) is 13.5. The molecular weight excluding hydrogens is 328 g/mol. The molecule has 1 saturated heterocycles. The molecular formula is C16H15ClN6O. The molecule has 3 aromatic rings. The van der Waals surface area contributed by atoms with Gasteiger partial charge in [0, 0.05) is 24.8 Å². The van der Waals surface area contributed by atoms with Gasteiger partial charge in [-0.25, -0.2) is 9.97 Å². The molecule has 0 spiro atoms. The number of aromatic nitrogens is 4. The van der Waals surface area contributed by atoms with Gasteiger partial charge >= 0.3 is 0 Å². The lowest BCUT2D eigenvalue weighted by Crippen LogP contribution is -2.20. The van der Waals surface area contributed by atoms with Crippen LogP contribution in [0.2, 0.25) is 5.15 Å². The summed E-state index contributed by atoms with van der Waals surface area (Å²) in [4.78, 5) is 30.4. The predicted octanol–water partition coefficient (Wildman–Crippen LogP) is 2.86. The van der Waals surface area contributed by atoms with E-state index in [1.165, 1.54) is 0 Å². The molecule has 2 N–H and O–H groups in total. The minimum absolute atomic E-state index is 0.293. The van der Waals surface area contributed by atoms with Gasteiger partial charge in [0.15, 0.2) is 5.65 Å². The Morgan fingerprint density at radius 3 is 2.88 bits per heavy atom. The number of imidazole rings is 1. The van der Waals surface area contributed by atoms with Crippen LogP contribution in [0.4, 0.5) is 11.8 Å². The second kappa shape index (κ2) is 6.09. The van der Waals surface area contributed by atoms with E-state index in [4.69, 9.17) is 11.6 Å². The molecule has 1 aliphatic rings. The molecule has 0 aliphatic carbocycles. The zero-order valence-electron chi connectivity index (χ0n) is 12.8. The van der Waals surface area contributed by atoms with Gasteiger partial charge in [0.05, 0.1) is 5.52 Å². The normalized spacial score (nSPS) is 14.3. The molecule has 0 bridgehead atoms. The Hall–Kier alpha value is -2.67. The third-order valence-corrected chi connectivity index (χ3v) is 4.16. The number of hydrogen-bond acceptors (Lipinski definition) is 5. The third-order valence-electron chi connectivity index (χ3n) is 3.96. The summed E-state index contributed by atoms with van der Waals surface area (Å²) in [7, 11) is 0. The molecule has 1 fully saturated rings. The molecule has 0 unspecified atom stereocenters. The van der Waals surface area contributed by atoms with Crippen molar-refractivity contribution in [2.45, 2.75) is 12.8 Å². The lowest BCUT2D eigenvalue weighted by atomic mass is 10.2. The van der Waals surface area contributed by atoms with Crippen LogP contribution in [-0.4, -0.2) is 38.9 Å². The van der Waals surface area contributed by atoms with Crippen molar-refractivity contribution >= 4 is 40.4 Å². The number of carbonyl (C=O) groups is 1. The summed E-state index contributed by atoms with van der Waals surface area (Å²) in [6, 6.07) is 6.96. The van der Waals surface area contributed by atoms with Crippen molar-refractivity contribution in [3.05, 3.63) is 41.2 Å². The molecule has 24 heavy (non-hydrogen) atoms. The number of halogens is 1. The Labute approximate surface area is 143 Å². The van der Waals surface area contributed by atoms with Gasteiger partial charge in [-0.2, -0.15) is 4.98 Å². The second-order valence-electron chi connectivity index (χ2n) is 5.65. The van der Waals surface area contributed by atoms with E-state index in [0.29, 0.717) is 22.3 Å². The number of anilines is 2. The number of nitrogens with zero attached hydrogens (tertiary/aromatic N) is 4. The topological polar surface area (TPSA) is 86.8 Å². The highest BCUT2D eigenvalue weighted by Crippen LogP contribution is 2.22.